The molecule has 0 saturated carbocycles. The van der Waals surface area contributed by atoms with Crippen LogP contribution in [0.3, 0.4) is 0 Å². The summed E-state index contributed by atoms with van der Waals surface area (Å²) in [7, 11) is 0. The molecule has 1 atom stereocenters. The van der Waals surface area contributed by atoms with E-state index in [9.17, 15) is 0 Å². The van der Waals surface area contributed by atoms with Crippen LogP contribution in [0.2, 0.25) is 0 Å². The number of hydrogen-bond donors (Lipinski definition) is 1. The van der Waals surface area contributed by atoms with Gasteiger partial charge in [-0.05, 0) is 29.9 Å². The predicted molar refractivity (Wildman–Crippen MR) is 68.7 cm³/mol. The van der Waals surface area contributed by atoms with E-state index in [-0.39, 0.29) is 0 Å². The van der Waals surface area contributed by atoms with Gasteiger partial charge in [0.2, 0.25) is 0 Å². The lowest BCUT2D eigenvalue weighted by atomic mass is 10.1. The molecule has 0 fully saturated rings. The second-order valence-corrected chi connectivity index (χ2v) is 5.37. The number of halogens is 1. The van der Waals surface area contributed by atoms with Crippen molar-refractivity contribution in [1.82, 2.24) is 0 Å². The van der Waals surface area contributed by atoms with Crippen molar-refractivity contribution < 1.29 is 0 Å². The molecule has 78 valence electrons. The molecule has 0 radical (unpaired) electrons. The van der Waals surface area contributed by atoms with E-state index >= 15 is 0 Å². The molecular weight excluding hydrogens is 258 g/mol. The second kappa shape index (κ2) is 6.49. The van der Waals surface area contributed by atoms with Crippen LogP contribution in [0.5, 0.6) is 0 Å². The summed E-state index contributed by atoms with van der Waals surface area (Å²) < 4.78 is 1.12. The van der Waals surface area contributed by atoms with Crippen molar-refractivity contribution in [3.05, 3.63) is 34.3 Å². The molecule has 0 heterocycles. The minimum absolute atomic E-state index is 0.447. The highest BCUT2D eigenvalue weighted by molar-refractivity contribution is 9.10. The van der Waals surface area contributed by atoms with Gasteiger partial charge in [-0.25, -0.2) is 0 Å². The third-order valence-corrected chi connectivity index (χ3v) is 4.02. The summed E-state index contributed by atoms with van der Waals surface area (Å²) in [6, 6.07) is 8.43. The number of nitrogens with two attached hydrogens (primary N) is 1. The van der Waals surface area contributed by atoms with E-state index in [0.717, 1.165) is 4.47 Å². The van der Waals surface area contributed by atoms with Crippen molar-refractivity contribution in [2.75, 3.05) is 12.3 Å². The van der Waals surface area contributed by atoms with Crippen LogP contribution in [-0.2, 0) is 0 Å². The molecular formula is C11H16BrNS. The molecule has 3 heteroatoms. The van der Waals surface area contributed by atoms with Crippen molar-refractivity contribution in [2.45, 2.75) is 18.6 Å². The fourth-order valence-electron chi connectivity index (χ4n) is 1.24. The van der Waals surface area contributed by atoms with Crippen LogP contribution in [0.15, 0.2) is 28.7 Å². The third-order valence-electron chi connectivity index (χ3n) is 1.98. The van der Waals surface area contributed by atoms with Crippen molar-refractivity contribution >= 4 is 27.7 Å². The third kappa shape index (κ3) is 3.64. The Morgan fingerprint density at radius 1 is 1.36 bits per heavy atom. The topological polar surface area (TPSA) is 26.0 Å². The normalized spacial score (nSPS) is 12.8. The number of hydrogen-bond acceptors (Lipinski definition) is 2. The Morgan fingerprint density at radius 3 is 2.50 bits per heavy atom. The minimum atomic E-state index is 0.447. The summed E-state index contributed by atoms with van der Waals surface area (Å²) in [5.74, 6) is 1.18. The zero-order chi connectivity index (χ0) is 10.4. The van der Waals surface area contributed by atoms with E-state index in [2.05, 4.69) is 47.1 Å². The summed E-state index contributed by atoms with van der Waals surface area (Å²) in [5, 5.41) is 0.447. The Morgan fingerprint density at radius 2 is 2.00 bits per heavy atom. The Bertz CT molecular complexity index is 260. The number of rotatable bonds is 5. The first-order valence-electron chi connectivity index (χ1n) is 4.85. The van der Waals surface area contributed by atoms with E-state index in [1.807, 2.05) is 11.8 Å². The lowest BCUT2D eigenvalue weighted by molar-refractivity contribution is 0.935. The lowest BCUT2D eigenvalue weighted by Crippen LogP contribution is -2.09. The Balaban J connectivity index is 2.64. The summed E-state index contributed by atoms with van der Waals surface area (Å²) in [6.07, 6.45) is 1.21. The van der Waals surface area contributed by atoms with E-state index in [4.69, 9.17) is 5.73 Å². The van der Waals surface area contributed by atoms with Crippen LogP contribution in [0, 0.1) is 0 Å². The molecule has 1 nitrogen and oxygen atoms in total. The van der Waals surface area contributed by atoms with Gasteiger partial charge in [-0.2, -0.15) is 11.8 Å². The Hall–Kier alpha value is 0.01000. The summed E-state index contributed by atoms with van der Waals surface area (Å²) in [4.78, 5) is 0. The van der Waals surface area contributed by atoms with Gasteiger partial charge >= 0.3 is 0 Å². The van der Waals surface area contributed by atoms with E-state index in [1.54, 1.807) is 0 Å². The van der Waals surface area contributed by atoms with E-state index < -0.39 is 0 Å². The van der Waals surface area contributed by atoms with Gasteiger partial charge in [0.05, 0.1) is 0 Å². The van der Waals surface area contributed by atoms with Crippen molar-refractivity contribution in [3.8, 4) is 0 Å². The molecule has 1 aromatic rings. The molecule has 1 aromatic carbocycles. The first kappa shape index (κ1) is 12.1. The molecule has 0 spiro atoms. The zero-order valence-electron chi connectivity index (χ0n) is 8.37. The molecule has 0 saturated heterocycles. The lowest BCUT2D eigenvalue weighted by Gasteiger charge is -2.14. The zero-order valence-corrected chi connectivity index (χ0v) is 10.8. The van der Waals surface area contributed by atoms with Gasteiger partial charge in [-0.1, -0.05) is 35.0 Å². The molecule has 14 heavy (non-hydrogen) atoms. The van der Waals surface area contributed by atoms with Crippen LogP contribution >= 0.6 is 27.7 Å². The highest BCUT2D eigenvalue weighted by Crippen LogP contribution is 2.28. The molecule has 0 aliphatic heterocycles. The average molecular weight is 274 g/mol. The average Bonchev–Trinajstić information content (AvgIpc) is 2.21. The van der Waals surface area contributed by atoms with Crippen LogP contribution < -0.4 is 5.73 Å². The summed E-state index contributed by atoms with van der Waals surface area (Å²) >= 11 is 5.37. The van der Waals surface area contributed by atoms with Crippen LogP contribution in [-0.4, -0.2) is 12.3 Å². The standard InChI is InChI=1S/C11H16BrNS/c1-2-7-14-11(8-13)9-3-5-10(12)6-4-9/h3-6,11H,2,7-8,13H2,1H3. The van der Waals surface area contributed by atoms with E-state index in [0.29, 0.717) is 11.8 Å². The van der Waals surface area contributed by atoms with Crippen molar-refractivity contribution in [1.29, 1.82) is 0 Å². The largest absolute Gasteiger partial charge is 0.329 e. The maximum Gasteiger partial charge on any atom is 0.0419 e. The SMILES string of the molecule is CCCSC(CN)c1ccc(Br)cc1. The molecule has 0 aromatic heterocycles. The monoisotopic (exact) mass is 273 g/mol. The van der Waals surface area contributed by atoms with Gasteiger partial charge in [0.15, 0.2) is 0 Å². The molecule has 1 unspecified atom stereocenters. The minimum Gasteiger partial charge on any atom is -0.329 e. The quantitative estimate of drug-likeness (QED) is 0.888. The second-order valence-electron chi connectivity index (χ2n) is 3.15. The molecule has 0 aliphatic rings. The fourth-order valence-corrected chi connectivity index (χ4v) is 2.51. The van der Waals surface area contributed by atoms with Crippen LogP contribution in [0.1, 0.15) is 24.2 Å². The molecule has 0 amide bonds. The maximum atomic E-state index is 5.75. The first-order valence-corrected chi connectivity index (χ1v) is 6.69. The number of thioether (sulfide) groups is 1. The molecule has 0 aliphatic carbocycles. The van der Waals surface area contributed by atoms with Gasteiger partial charge in [-0.3, -0.25) is 0 Å². The summed E-state index contributed by atoms with van der Waals surface area (Å²) in [6.45, 7) is 2.91. The van der Waals surface area contributed by atoms with Gasteiger partial charge in [0, 0.05) is 16.3 Å². The van der Waals surface area contributed by atoms with Gasteiger partial charge in [-0.15, -0.1) is 0 Å². The van der Waals surface area contributed by atoms with Crippen LogP contribution in [0.25, 0.3) is 0 Å². The maximum absolute atomic E-state index is 5.75. The van der Waals surface area contributed by atoms with Crippen LogP contribution in [0.4, 0.5) is 0 Å². The summed E-state index contributed by atoms with van der Waals surface area (Å²) in [5.41, 5.74) is 7.08. The van der Waals surface area contributed by atoms with Gasteiger partial charge < -0.3 is 5.73 Å². The molecule has 1 rings (SSSR count). The van der Waals surface area contributed by atoms with Gasteiger partial charge in [0.1, 0.15) is 0 Å². The van der Waals surface area contributed by atoms with E-state index in [1.165, 1.54) is 17.7 Å². The smallest absolute Gasteiger partial charge is 0.0419 e. The molecule has 0 bridgehead atoms. The number of benzene rings is 1. The Labute approximate surface area is 98.6 Å². The fraction of sp³-hybridized carbons (Fsp3) is 0.455. The van der Waals surface area contributed by atoms with Crippen molar-refractivity contribution in [3.63, 3.8) is 0 Å². The highest BCUT2D eigenvalue weighted by Gasteiger charge is 2.08. The first-order chi connectivity index (χ1) is 6.77. The molecule has 2 N–H and O–H groups in total. The van der Waals surface area contributed by atoms with Gasteiger partial charge in [0.25, 0.3) is 0 Å². The highest BCUT2D eigenvalue weighted by atomic mass is 79.9. The predicted octanol–water partition coefficient (Wildman–Crippen LogP) is 3.59. The Kier molecular flexibility index (Phi) is 5.60. The van der Waals surface area contributed by atoms with Crippen molar-refractivity contribution in [2.24, 2.45) is 5.73 Å².